The largest absolute Gasteiger partial charge is 0.416 e. The molecule has 34 heavy (non-hydrogen) atoms. The minimum Gasteiger partial charge on any atom is -0.382 e. The van der Waals surface area contributed by atoms with Gasteiger partial charge in [-0.3, -0.25) is 0 Å². The number of fused-ring (bicyclic) bond motifs is 2. The lowest BCUT2D eigenvalue weighted by molar-refractivity contribution is -0.198. The van der Waals surface area contributed by atoms with Crippen LogP contribution in [0.3, 0.4) is 0 Å². The van der Waals surface area contributed by atoms with E-state index in [4.69, 9.17) is 0 Å². The summed E-state index contributed by atoms with van der Waals surface area (Å²) in [6, 6.07) is 10.5. The van der Waals surface area contributed by atoms with E-state index < -0.39 is 25.0 Å². The van der Waals surface area contributed by atoms with E-state index in [0.717, 1.165) is 5.52 Å². The maximum Gasteiger partial charge on any atom is 0.416 e. The zero-order chi connectivity index (χ0) is 24.0. The number of rotatable bonds is 5. The number of para-hydroxylation sites is 2. The summed E-state index contributed by atoms with van der Waals surface area (Å²) in [5.41, 5.74) is 3.32. The van der Waals surface area contributed by atoms with Gasteiger partial charge < -0.3 is 15.3 Å². The number of alkyl halides is 4. The standard InChI is InChI=1S/C22H21F4N7O/c1-12-21(29-15-5-3-2-4-14(15)28-12)16-8-20-30-19(32-7-6-13(23)11-32)9-18(33(20)31-16)27-10-17(34)22(24,25)26/h2-5,8-9,13,17,27,34H,6-7,10-11H2,1H3/t13-,17-/m1/s1. The summed E-state index contributed by atoms with van der Waals surface area (Å²) in [7, 11) is 0. The number of nitrogens with zero attached hydrogens (tertiary/aromatic N) is 6. The number of halogens is 4. The predicted octanol–water partition coefficient (Wildman–Crippen LogP) is 3.53. The summed E-state index contributed by atoms with van der Waals surface area (Å²) in [6.07, 6.45) is -7.99. The Morgan fingerprint density at radius 2 is 1.88 bits per heavy atom. The van der Waals surface area contributed by atoms with Crippen molar-refractivity contribution >= 4 is 28.3 Å². The van der Waals surface area contributed by atoms with Crippen LogP contribution in [0, 0.1) is 6.92 Å². The molecule has 178 valence electrons. The summed E-state index contributed by atoms with van der Waals surface area (Å²) in [6.45, 7) is 1.59. The second kappa shape index (κ2) is 8.35. The van der Waals surface area contributed by atoms with Crippen LogP contribution in [0.1, 0.15) is 12.1 Å². The number of nitrogens with one attached hydrogen (secondary N) is 1. The molecule has 1 aliphatic rings. The minimum absolute atomic E-state index is 0.143. The van der Waals surface area contributed by atoms with E-state index in [2.05, 4.69) is 25.4 Å². The van der Waals surface area contributed by atoms with Crippen LogP contribution >= 0.6 is 0 Å². The molecule has 1 fully saturated rings. The van der Waals surface area contributed by atoms with Gasteiger partial charge in [-0.15, -0.1) is 0 Å². The number of aliphatic hydroxyl groups excluding tert-OH is 1. The normalized spacial score (nSPS) is 17.6. The second-order valence-electron chi connectivity index (χ2n) is 8.22. The zero-order valence-corrected chi connectivity index (χ0v) is 18.1. The molecule has 1 aliphatic heterocycles. The third kappa shape index (κ3) is 4.20. The highest BCUT2D eigenvalue weighted by atomic mass is 19.4. The van der Waals surface area contributed by atoms with Gasteiger partial charge in [0.15, 0.2) is 11.8 Å². The maximum absolute atomic E-state index is 13.8. The SMILES string of the molecule is Cc1nc2ccccc2nc1-c1cc2nc(N3CC[C@@H](F)C3)cc(NC[C@@H](O)C(F)(F)F)n2n1. The van der Waals surface area contributed by atoms with Crippen LogP contribution in [0.5, 0.6) is 0 Å². The molecule has 0 aliphatic carbocycles. The van der Waals surface area contributed by atoms with Crippen molar-refractivity contribution in [1.82, 2.24) is 24.6 Å². The van der Waals surface area contributed by atoms with Gasteiger partial charge >= 0.3 is 6.18 Å². The zero-order valence-electron chi connectivity index (χ0n) is 18.1. The first-order valence-electron chi connectivity index (χ1n) is 10.7. The van der Waals surface area contributed by atoms with Gasteiger partial charge in [-0.05, 0) is 25.5 Å². The van der Waals surface area contributed by atoms with Crippen LogP contribution in [0.15, 0.2) is 36.4 Å². The number of hydrogen-bond donors (Lipinski definition) is 2. The van der Waals surface area contributed by atoms with Crippen molar-refractivity contribution in [2.75, 3.05) is 29.9 Å². The highest BCUT2D eigenvalue weighted by molar-refractivity contribution is 5.78. The molecule has 2 N–H and O–H groups in total. The summed E-state index contributed by atoms with van der Waals surface area (Å²) in [5.74, 6) is 0.590. The van der Waals surface area contributed by atoms with Crippen LogP contribution < -0.4 is 10.2 Å². The Labute approximate surface area is 191 Å². The van der Waals surface area contributed by atoms with Crippen molar-refractivity contribution in [2.24, 2.45) is 0 Å². The minimum atomic E-state index is -4.77. The Morgan fingerprint density at radius 1 is 1.15 bits per heavy atom. The molecule has 0 amide bonds. The first-order chi connectivity index (χ1) is 16.2. The van der Waals surface area contributed by atoms with E-state index in [-0.39, 0.29) is 12.4 Å². The van der Waals surface area contributed by atoms with E-state index in [9.17, 15) is 22.7 Å². The fourth-order valence-corrected chi connectivity index (χ4v) is 3.94. The maximum atomic E-state index is 13.8. The molecule has 0 unspecified atom stereocenters. The van der Waals surface area contributed by atoms with Crippen molar-refractivity contribution in [3.05, 3.63) is 42.1 Å². The van der Waals surface area contributed by atoms with Gasteiger partial charge in [-0.1, -0.05) is 12.1 Å². The molecule has 0 saturated carbocycles. The highest BCUT2D eigenvalue weighted by Gasteiger charge is 2.38. The van der Waals surface area contributed by atoms with Crippen LogP contribution in [0.25, 0.3) is 28.1 Å². The highest BCUT2D eigenvalue weighted by Crippen LogP contribution is 2.29. The monoisotopic (exact) mass is 475 g/mol. The van der Waals surface area contributed by atoms with E-state index >= 15 is 0 Å². The van der Waals surface area contributed by atoms with E-state index in [1.807, 2.05) is 24.3 Å². The third-order valence-electron chi connectivity index (χ3n) is 5.71. The van der Waals surface area contributed by atoms with Crippen LogP contribution in [0.4, 0.5) is 29.2 Å². The molecule has 12 heteroatoms. The molecule has 1 saturated heterocycles. The summed E-state index contributed by atoms with van der Waals surface area (Å²) < 4.78 is 53.7. The Morgan fingerprint density at radius 3 is 2.56 bits per heavy atom. The van der Waals surface area contributed by atoms with E-state index in [1.165, 1.54) is 10.6 Å². The van der Waals surface area contributed by atoms with E-state index in [1.54, 1.807) is 17.9 Å². The molecule has 8 nitrogen and oxygen atoms in total. The lowest BCUT2D eigenvalue weighted by atomic mass is 10.2. The number of benzene rings is 1. The number of aromatic nitrogens is 5. The number of aliphatic hydroxyl groups is 1. The molecule has 5 rings (SSSR count). The van der Waals surface area contributed by atoms with Crippen LogP contribution in [0.2, 0.25) is 0 Å². The van der Waals surface area contributed by atoms with Crippen molar-refractivity contribution in [3.8, 4) is 11.4 Å². The fraction of sp³-hybridized carbons (Fsp3) is 0.364. The smallest absolute Gasteiger partial charge is 0.382 e. The molecular formula is C22H21F4N7O. The molecule has 0 radical (unpaired) electrons. The topological polar surface area (TPSA) is 91.5 Å². The van der Waals surface area contributed by atoms with Crippen LogP contribution in [-0.2, 0) is 0 Å². The molecule has 1 aromatic carbocycles. The van der Waals surface area contributed by atoms with Crippen molar-refractivity contribution in [3.63, 3.8) is 0 Å². The molecule has 0 spiro atoms. The first kappa shape index (κ1) is 22.3. The van der Waals surface area contributed by atoms with E-state index in [0.29, 0.717) is 47.0 Å². The number of hydrogen-bond acceptors (Lipinski definition) is 7. The van der Waals surface area contributed by atoms with Gasteiger partial charge in [0.2, 0.25) is 0 Å². The molecule has 0 bridgehead atoms. The van der Waals surface area contributed by atoms with Gasteiger partial charge in [0, 0.05) is 18.7 Å². The second-order valence-corrected chi connectivity index (χ2v) is 8.22. The van der Waals surface area contributed by atoms with Crippen molar-refractivity contribution in [2.45, 2.75) is 31.8 Å². The quantitative estimate of drug-likeness (QED) is 0.427. The number of anilines is 2. The molecule has 3 aromatic heterocycles. The summed E-state index contributed by atoms with van der Waals surface area (Å²) in [5, 5.41) is 16.6. The first-order valence-corrected chi connectivity index (χ1v) is 10.7. The van der Waals surface area contributed by atoms with Crippen molar-refractivity contribution in [1.29, 1.82) is 0 Å². The Bertz CT molecular complexity index is 1360. The van der Waals surface area contributed by atoms with Gasteiger partial charge in [0.25, 0.3) is 0 Å². The molecule has 4 heterocycles. The fourth-order valence-electron chi connectivity index (χ4n) is 3.94. The third-order valence-corrected chi connectivity index (χ3v) is 5.71. The average Bonchev–Trinajstić information content (AvgIpc) is 3.42. The van der Waals surface area contributed by atoms with Gasteiger partial charge in [0.05, 0.1) is 29.8 Å². The lowest BCUT2D eigenvalue weighted by Crippen LogP contribution is -2.35. The van der Waals surface area contributed by atoms with Gasteiger partial charge in [-0.25, -0.2) is 19.3 Å². The predicted molar refractivity (Wildman–Crippen MR) is 119 cm³/mol. The lowest BCUT2D eigenvalue weighted by Gasteiger charge is -2.20. The van der Waals surface area contributed by atoms with Gasteiger partial charge in [0.1, 0.15) is 29.2 Å². The number of aryl methyl sites for hydroxylation is 1. The molecular weight excluding hydrogens is 454 g/mol. The average molecular weight is 475 g/mol. The Kier molecular flexibility index (Phi) is 5.47. The molecule has 4 aromatic rings. The van der Waals surface area contributed by atoms with Crippen LogP contribution in [-0.4, -0.2) is 67.8 Å². The molecule has 2 atom stereocenters. The summed E-state index contributed by atoms with van der Waals surface area (Å²) in [4.78, 5) is 15.5. The van der Waals surface area contributed by atoms with Gasteiger partial charge in [-0.2, -0.15) is 22.8 Å². The summed E-state index contributed by atoms with van der Waals surface area (Å²) >= 11 is 0. The van der Waals surface area contributed by atoms with Crippen molar-refractivity contribution < 1.29 is 22.7 Å². The Hall–Kier alpha value is -3.54. The Balaban J connectivity index is 1.58.